The van der Waals surface area contributed by atoms with E-state index < -0.39 is 0 Å². The molecule has 6 atom stereocenters. The molecule has 4 aliphatic rings. The largest absolute Gasteiger partial charge is 0.308 e. The van der Waals surface area contributed by atoms with E-state index in [-0.39, 0.29) is 11.2 Å². The number of rotatable bonds is 1. The minimum Gasteiger partial charge on any atom is -0.308 e. The molecule has 2 heteroatoms. The first-order chi connectivity index (χ1) is 6.18. The van der Waals surface area contributed by atoms with Crippen molar-refractivity contribution >= 4 is 11.5 Å². The number of nitrogens with one attached hydrogen (secondary N) is 1. The minimum atomic E-state index is -0.241. The molecule has 4 aliphatic carbocycles. The highest BCUT2D eigenvalue weighted by atomic mass is 16.1. The van der Waals surface area contributed by atoms with Crippen LogP contribution < -0.4 is 0 Å². The van der Waals surface area contributed by atoms with Crippen molar-refractivity contribution in [1.82, 2.24) is 0 Å². The summed E-state index contributed by atoms with van der Waals surface area (Å²) < 4.78 is 0. The minimum absolute atomic E-state index is 0.241. The molecular weight excluding hydrogens is 162 g/mol. The van der Waals surface area contributed by atoms with Gasteiger partial charge in [0.1, 0.15) is 5.78 Å². The molecule has 4 fully saturated rings. The van der Waals surface area contributed by atoms with Gasteiger partial charge in [0.25, 0.3) is 0 Å². The third-order valence-corrected chi connectivity index (χ3v) is 5.36. The zero-order valence-electron chi connectivity index (χ0n) is 7.71. The zero-order chi connectivity index (χ0) is 8.96. The summed E-state index contributed by atoms with van der Waals surface area (Å²) in [5.74, 6) is 3.88. The molecule has 0 radical (unpaired) electrons. The molecule has 2 nitrogen and oxygen atoms in total. The number of carbonyl (C=O) groups excluding carboxylic acids is 1. The second kappa shape index (κ2) is 1.51. The Labute approximate surface area is 77.2 Å². The monoisotopic (exact) mass is 175 g/mol. The van der Waals surface area contributed by atoms with E-state index in [2.05, 4.69) is 0 Å². The van der Waals surface area contributed by atoms with Crippen molar-refractivity contribution in [1.29, 1.82) is 5.41 Å². The fraction of sp³-hybridized carbons (Fsp3) is 0.818. The molecule has 0 aromatic rings. The quantitative estimate of drug-likeness (QED) is 0.644. The van der Waals surface area contributed by atoms with E-state index in [9.17, 15) is 4.79 Å². The van der Waals surface area contributed by atoms with E-state index in [1.165, 1.54) is 6.42 Å². The highest BCUT2D eigenvalue weighted by molar-refractivity contribution is 6.13. The normalized spacial score (nSPS) is 64.7. The van der Waals surface area contributed by atoms with E-state index in [0.29, 0.717) is 11.8 Å². The van der Waals surface area contributed by atoms with Crippen LogP contribution in [0, 0.1) is 40.4 Å². The van der Waals surface area contributed by atoms with Gasteiger partial charge in [0.2, 0.25) is 0 Å². The predicted molar refractivity (Wildman–Crippen MR) is 47.5 cm³/mol. The molecular formula is C11H13NO. The molecule has 13 heavy (non-hydrogen) atoms. The van der Waals surface area contributed by atoms with E-state index in [4.69, 9.17) is 5.41 Å². The second-order valence-corrected chi connectivity index (χ2v) is 5.43. The maximum Gasteiger partial charge on any atom is 0.141 e. The summed E-state index contributed by atoms with van der Waals surface area (Å²) in [7, 11) is 0. The van der Waals surface area contributed by atoms with Crippen LogP contribution in [0.5, 0.6) is 0 Å². The third-order valence-electron chi connectivity index (χ3n) is 5.36. The SMILES string of the molecule is CC(=O)[C@]12C[C@@H]3C[C@H]1[C@@H]1[C@H](C2=N)[C@H]31. The number of ketones is 1. The van der Waals surface area contributed by atoms with Gasteiger partial charge in [-0.15, -0.1) is 0 Å². The van der Waals surface area contributed by atoms with Crippen LogP contribution in [0.2, 0.25) is 0 Å². The summed E-state index contributed by atoms with van der Waals surface area (Å²) in [4.78, 5) is 11.7. The van der Waals surface area contributed by atoms with Crippen LogP contribution in [-0.2, 0) is 4.79 Å². The van der Waals surface area contributed by atoms with Gasteiger partial charge in [-0.2, -0.15) is 0 Å². The third kappa shape index (κ3) is 0.423. The summed E-state index contributed by atoms with van der Waals surface area (Å²) in [6.45, 7) is 1.70. The molecule has 4 rings (SSSR count). The molecule has 0 unspecified atom stereocenters. The number of hydrogen-bond acceptors (Lipinski definition) is 2. The first-order valence-electron chi connectivity index (χ1n) is 5.28. The number of Topliss-reactive ketones (excluding diaryl/α,β-unsaturated/α-hetero) is 1. The predicted octanol–water partition coefficient (Wildman–Crippen LogP) is 1.50. The Balaban J connectivity index is 1.96. The van der Waals surface area contributed by atoms with E-state index in [1.807, 2.05) is 0 Å². The Bertz CT molecular complexity index is 361. The van der Waals surface area contributed by atoms with Crippen molar-refractivity contribution in [2.24, 2.45) is 35.0 Å². The highest BCUT2D eigenvalue weighted by Gasteiger charge is 2.82. The lowest BCUT2D eigenvalue weighted by Crippen LogP contribution is -2.42. The lowest BCUT2D eigenvalue weighted by Gasteiger charge is -2.34. The van der Waals surface area contributed by atoms with Gasteiger partial charge in [0.05, 0.1) is 5.41 Å². The van der Waals surface area contributed by atoms with Crippen LogP contribution in [0.1, 0.15) is 19.8 Å². The molecule has 2 bridgehead atoms. The molecule has 0 heterocycles. The maximum atomic E-state index is 11.7. The van der Waals surface area contributed by atoms with Gasteiger partial charge in [-0.1, -0.05) is 0 Å². The van der Waals surface area contributed by atoms with Crippen LogP contribution in [0.4, 0.5) is 0 Å². The highest BCUT2D eigenvalue weighted by Crippen LogP contribution is 2.81. The lowest BCUT2D eigenvalue weighted by molar-refractivity contribution is -0.125. The molecule has 4 saturated carbocycles. The molecule has 0 aromatic heterocycles. The van der Waals surface area contributed by atoms with Crippen LogP contribution in [-0.4, -0.2) is 11.5 Å². The number of hydrogen-bond donors (Lipinski definition) is 1. The van der Waals surface area contributed by atoms with Crippen molar-refractivity contribution in [2.75, 3.05) is 0 Å². The van der Waals surface area contributed by atoms with Crippen molar-refractivity contribution < 1.29 is 4.79 Å². The maximum absolute atomic E-state index is 11.7. The number of carbonyl (C=O) groups is 1. The van der Waals surface area contributed by atoms with Crippen LogP contribution in [0.15, 0.2) is 0 Å². The van der Waals surface area contributed by atoms with Gasteiger partial charge >= 0.3 is 0 Å². The van der Waals surface area contributed by atoms with Gasteiger partial charge in [0, 0.05) is 11.6 Å². The molecule has 0 spiro atoms. The van der Waals surface area contributed by atoms with Crippen molar-refractivity contribution in [3.63, 3.8) is 0 Å². The average Bonchev–Trinajstić information content (AvgIpc) is 2.51. The molecule has 68 valence electrons. The van der Waals surface area contributed by atoms with Crippen molar-refractivity contribution in [3.8, 4) is 0 Å². The first kappa shape index (κ1) is 6.74. The smallest absolute Gasteiger partial charge is 0.141 e. The van der Waals surface area contributed by atoms with E-state index >= 15 is 0 Å². The summed E-state index contributed by atoms with van der Waals surface area (Å²) >= 11 is 0. The molecule has 1 N–H and O–H groups in total. The van der Waals surface area contributed by atoms with Crippen molar-refractivity contribution in [2.45, 2.75) is 19.8 Å². The van der Waals surface area contributed by atoms with Gasteiger partial charge in [0.15, 0.2) is 0 Å². The van der Waals surface area contributed by atoms with Crippen molar-refractivity contribution in [3.05, 3.63) is 0 Å². The van der Waals surface area contributed by atoms with Gasteiger partial charge in [-0.3, -0.25) is 4.79 Å². The van der Waals surface area contributed by atoms with Crippen LogP contribution in [0.25, 0.3) is 0 Å². The topological polar surface area (TPSA) is 40.9 Å². The first-order valence-corrected chi connectivity index (χ1v) is 5.28. The van der Waals surface area contributed by atoms with E-state index in [1.54, 1.807) is 6.92 Å². The van der Waals surface area contributed by atoms with Gasteiger partial charge in [-0.05, 0) is 43.4 Å². The van der Waals surface area contributed by atoms with E-state index in [0.717, 1.165) is 29.9 Å². The Morgan fingerprint density at radius 3 is 2.85 bits per heavy atom. The fourth-order valence-corrected chi connectivity index (χ4v) is 5.03. The Kier molecular flexibility index (Phi) is 0.783. The van der Waals surface area contributed by atoms with Crippen LogP contribution >= 0.6 is 0 Å². The second-order valence-electron chi connectivity index (χ2n) is 5.43. The Morgan fingerprint density at radius 2 is 2.31 bits per heavy atom. The summed E-state index contributed by atoms with van der Waals surface area (Å²) in [5.41, 5.74) is 0.586. The van der Waals surface area contributed by atoms with Gasteiger partial charge < -0.3 is 5.41 Å². The molecule has 0 aromatic carbocycles. The van der Waals surface area contributed by atoms with Gasteiger partial charge in [-0.25, -0.2) is 0 Å². The summed E-state index contributed by atoms with van der Waals surface area (Å²) in [6.07, 6.45) is 2.29. The molecule has 0 saturated heterocycles. The summed E-state index contributed by atoms with van der Waals surface area (Å²) in [6, 6.07) is 0. The fourth-order valence-electron chi connectivity index (χ4n) is 5.03. The lowest BCUT2D eigenvalue weighted by atomic mass is 9.68. The molecule has 0 amide bonds. The average molecular weight is 175 g/mol. The standard InChI is InChI=1S/C11H13NO/c1-4(13)11-3-5-2-6(11)8-7(5)9(8)10(11)12/h5-9,12H,2-3H2,1H3/t5-,6-,7+,8-,9+,11+/m0/s1. The Hall–Kier alpha value is -0.660. The number of fused-ring (bicyclic) bond motifs is 3. The van der Waals surface area contributed by atoms with Crippen LogP contribution in [0.3, 0.4) is 0 Å². The Morgan fingerprint density at radius 1 is 1.54 bits per heavy atom. The molecule has 0 aliphatic heterocycles. The summed E-state index contributed by atoms with van der Waals surface area (Å²) in [5, 5.41) is 8.10. The zero-order valence-corrected chi connectivity index (χ0v) is 7.71.